The molecule has 0 saturated carbocycles. The van der Waals surface area contributed by atoms with Gasteiger partial charge in [0.2, 0.25) is 5.91 Å². The van der Waals surface area contributed by atoms with Gasteiger partial charge in [-0.3, -0.25) is 4.79 Å². The highest BCUT2D eigenvalue weighted by molar-refractivity contribution is 5.76. The monoisotopic (exact) mass is 1190 g/mol. The molecule has 0 radical (unpaired) electrons. The first-order valence-electron chi connectivity index (χ1n) is 33.8. The summed E-state index contributed by atoms with van der Waals surface area (Å²) in [5.41, 5.74) is 0. The van der Waals surface area contributed by atoms with Crippen LogP contribution in [0.4, 0.5) is 0 Å². The van der Waals surface area contributed by atoms with E-state index < -0.39 is 86.8 Å². The number of allylic oxidation sites excluding steroid dienone is 14. The Bertz CT molecular complexity index is 1730. The number of unbranched alkanes of at least 4 members (excludes halogenated alkanes) is 27. The van der Waals surface area contributed by atoms with Crippen molar-refractivity contribution >= 4 is 5.91 Å². The molecule has 0 bridgehead atoms. The fraction of sp³-hybridized carbons (Fsp3) is 0.786. The minimum Gasteiger partial charge on any atom is -0.394 e. The Hall–Kier alpha value is -2.83. The van der Waals surface area contributed by atoms with Crippen molar-refractivity contribution in [3.8, 4) is 0 Å². The number of ether oxygens (including phenoxy) is 4. The van der Waals surface area contributed by atoms with Gasteiger partial charge in [-0.25, -0.2) is 0 Å². The summed E-state index contributed by atoms with van der Waals surface area (Å²) >= 11 is 0. The third-order valence-electron chi connectivity index (χ3n) is 16.1. The van der Waals surface area contributed by atoms with Crippen molar-refractivity contribution in [1.29, 1.82) is 0 Å². The van der Waals surface area contributed by atoms with Crippen molar-refractivity contribution < 1.29 is 64.6 Å². The Kier molecular flexibility index (Phi) is 50.0. The Balaban J connectivity index is 1.56. The van der Waals surface area contributed by atoms with E-state index in [1.807, 2.05) is 0 Å². The average molecular weight is 1190 g/mol. The average Bonchev–Trinajstić information content (AvgIpc) is 3.59. The second-order valence-electron chi connectivity index (χ2n) is 23.6. The quantitative estimate of drug-likeness (QED) is 0.0204. The summed E-state index contributed by atoms with van der Waals surface area (Å²) in [6, 6.07) is -0.830. The highest BCUT2D eigenvalue weighted by Gasteiger charge is 2.51. The van der Waals surface area contributed by atoms with Gasteiger partial charge in [0, 0.05) is 6.42 Å². The molecule has 0 spiro atoms. The topological polar surface area (TPSA) is 228 Å². The lowest BCUT2D eigenvalue weighted by molar-refractivity contribution is -0.359. The van der Waals surface area contributed by atoms with Gasteiger partial charge < -0.3 is 65.1 Å². The zero-order valence-corrected chi connectivity index (χ0v) is 52.6. The van der Waals surface area contributed by atoms with Gasteiger partial charge in [-0.2, -0.15) is 0 Å². The zero-order chi connectivity index (χ0) is 60.9. The maximum Gasteiger partial charge on any atom is 0.220 e. The summed E-state index contributed by atoms with van der Waals surface area (Å²) in [5, 5.41) is 87.2. The number of amides is 1. The van der Waals surface area contributed by atoms with Crippen molar-refractivity contribution in [2.75, 3.05) is 19.8 Å². The van der Waals surface area contributed by atoms with E-state index in [1.54, 1.807) is 0 Å². The van der Waals surface area contributed by atoms with Crippen LogP contribution in [0, 0.1) is 0 Å². The molecule has 2 aliphatic rings. The lowest BCUT2D eigenvalue weighted by atomic mass is 9.97. The maximum absolute atomic E-state index is 13.3. The minimum atomic E-state index is -1.78. The number of rotatable bonds is 54. The number of hydrogen-bond acceptors (Lipinski definition) is 13. The molecule has 2 saturated heterocycles. The molecule has 9 N–H and O–H groups in total. The van der Waals surface area contributed by atoms with Crippen LogP contribution in [-0.2, 0) is 23.7 Å². The van der Waals surface area contributed by atoms with E-state index in [4.69, 9.17) is 18.9 Å². The summed E-state index contributed by atoms with van der Waals surface area (Å²) in [7, 11) is 0. The van der Waals surface area contributed by atoms with Gasteiger partial charge in [-0.1, -0.05) is 266 Å². The lowest BCUT2D eigenvalue weighted by Crippen LogP contribution is -2.65. The van der Waals surface area contributed by atoms with Crippen LogP contribution in [0.5, 0.6) is 0 Å². The first-order valence-corrected chi connectivity index (χ1v) is 33.8. The minimum absolute atomic E-state index is 0.208. The SMILES string of the molecule is CC/C=C\C/C=C\C/C=C\C/C=C\C/C=C\C/C=C\C/C=C\CCCCCCCCCCCCCCCCCCCC(=O)NC(COC1OC(CO)C(OC2OC(CO)C(O)C(O)C2O)C(O)C1O)C(O)CCCCCCCCCCCCC. The van der Waals surface area contributed by atoms with Crippen molar-refractivity contribution in [2.45, 2.75) is 331 Å². The van der Waals surface area contributed by atoms with Crippen molar-refractivity contribution in [3.63, 3.8) is 0 Å². The molecule has 0 aromatic rings. The van der Waals surface area contributed by atoms with Crippen molar-refractivity contribution in [2.24, 2.45) is 0 Å². The van der Waals surface area contributed by atoms with E-state index in [1.165, 1.54) is 135 Å². The van der Waals surface area contributed by atoms with Crippen molar-refractivity contribution in [1.82, 2.24) is 5.32 Å². The fourth-order valence-corrected chi connectivity index (χ4v) is 10.7. The molecule has 1 amide bonds. The zero-order valence-electron chi connectivity index (χ0n) is 52.6. The first-order chi connectivity index (χ1) is 41.1. The molecular weight excluding hydrogens is 1060 g/mol. The highest BCUT2D eigenvalue weighted by atomic mass is 16.7. The number of carbonyl (C=O) groups is 1. The standard InChI is InChI=1S/C70H123NO13/c1-3-5-7-9-11-13-15-16-17-18-19-20-21-22-23-24-25-26-27-28-29-30-31-32-33-34-35-36-37-38-39-40-41-42-44-46-48-50-52-54-62(75)71-58(59(74)53-51-49-47-45-43-14-12-10-8-6-4-2)57-81-69-67(80)65(78)68(61(56-73)83-69)84-70-66(79)64(77)63(76)60(55-72)82-70/h5,7,11,13,16-17,19-20,22-23,25-26,28-29,58-61,63-70,72-74,76-80H,3-4,6,8-10,12,14-15,18,21,24,27,30-57H2,1-2H3,(H,71,75)/b7-5-,13-11-,17-16-,20-19-,23-22-,26-25-,29-28-. The largest absolute Gasteiger partial charge is 0.394 e. The smallest absolute Gasteiger partial charge is 0.220 e. The van der Waals surface area contributed by atoms with Crippen LogP contribution in [0.2, 0.25) is 0 Å². The van der Waals surface area contributed by atoms with Gasteiger partial charge >= 0.3 is 0 Å². The van der Waals surface area contributed by atoms with Gasteiger partial charge in [-0.15, -0.1) is 0 Å². The van der Waals surface area contributed by atoms with Crippen LogP contribution in [0.25, 0.3) is 0 Å². The number of carbonyl (C=O) groups excluding carboxylic acids is 1. The summed E-state index contributed by atoms with van der Waals surface area (Å²) in [6.45, 7) is 2.74. The maximum atomic E-state index is 13.3. The Morgan fingerprint density at radius 2 is 0.821 bits per heavy atom. The molecule has 2 fully saturated rings. The Morgan fingerprint density at radius 3 is 1.26 bits per heavy atom. The van der Waals surface area contributed by atoms with E-state index in [0.717, 1.165) is 96.3 Å². The molecule has 12 unspecified atom stereocenters. The lowest BCUT2D eigenvalue weighted by Gasteiger charge is -2.46. The van der Waals surface area contributed by atoms with Crippen LogP contribution in [0.15, 0.2) is 85.1 Å². The molecular formula is C70H123NO13. The van der Waals surface area contributed by atoms with Gasteiger partial charge in [0.25, 0.3) is 0 Å². The van der Waals surface area contributed by atoms with Gasteiger partial charge in [0.05, 0.1) is 32.0 Å². The molecule has 0 aromatic heterocycles. The molecule has 12 atom stereocenters. The molecule has 2 aliphatic heterocycles. The van der Waals surface area contributed by atoms with E-state index in [0.29, 0.717) is 12.8 Å². The van der Waals surface area contributed by atoms with Crippen LogP contribution in [0.3, 0.4) is 0 Å². The van der Waals surface area contributed by atoms with E-state index in [2.05, 4.69) is 104 Å². The Morgan fingerprint density at radius 1 is 0.440 bits per heavy atom. The summed E-state index contributed by atoms with van der Waals surface area (Å²) in [5.74, 6) is -0.208. The molecule has 486 valence electrons. The molecule has 2 rings (SSSR count). The third kappa shape index (κ3) is 38.4. The Labute approximate surface area is 510 Å². The van der Waals surface area contributed by atoms with Crippen LogP contribution >= 0.6 is 0 Å². The predicted molar refractivity (Wildman–Crippen MR) is 341 cm³/mol. The molecule has 0 aliphatic carbocycles. The van der Waals surface area contributed by atoms with E-state index in [-0.39, 0.29) is 12.5 Å². The molecule has 14 nitrogen and oxygen atoms in total. The second kappa shape index (κ2) is 54.3. The van der Waals surface area contributed by atoms with Crippen LogP contribution in [-0.4, -0.2) is 140 Å². The summed E-state index contributed by atoms with van der Waals surface area (Å²) in [4.78, 5) is 13.3. The summed E-state index contributed by atoms with van der Waals surface area (Å²) in [6.07, 6.45) is 57.6. The predicted octanol–water partition coefficient (Wildman–Crippen LogP) is 13.2. The molecule has 84 heavy (non-hydrogen) atoms. The molecule has 2 heterocycles. The number of aliphatic hydroxyl groups is 8. The normalized spacial score (nSPS) is 24.2. The van der Waals surface area contributed by atoms with E-state index in [9.17, 15) is 45.6 Å². The summed E-state index contributed by atoms with van der Waals surface area (Å²) < 4.78 is 22.8. The second-order valence-corrected chi connectivity index (χ2v) is 23.6. The van der Waals surface area contributed by atoms with Gasteiger partial charge in [0.1, 0.15) is 48.8 Å². The van der Waals surface area contributed by atoms with Gasteiger partial charge in [-0.05, 0) is 70.6 Å². The highest BCUT2D eigenvalue weighted by Crippen LogP contribution is 2.30. The van der Waals surface area contributed by atoms with Crippen LogP contribution in [0.1, 0.15) is 258 Å². The third-order valence-corrected chi connectivity index (χ3v) is 16.1. The molecule has 0 aromatic carbocycles. The number of nitrogens with one attached hydrogen (secondary N) is 1. The van der Waals surface area contributed by atoms with Gasteiger partial charge in [0.15, 0.2) is 12.6 Å². The van der Waals surface area contributed by atoms with E-state index >= 15 is 0 Å². The number of aliphatic hydroxyl groups excluding tert-OH is 8. The molecule has 14 heteroatoms. The fourth-order valence-electron chi connectivity index (χ4n) is 10.7. The number of hydrogen-bond donors (Lipinski definition) is 9. The first kappa shape index (κ1) is 77.3. The van der Waals surface area contributed by atoms with Crippen LogP contribution < -0.4 is 5.32 Å². The van der Waals surface area contributed by atoms with Crippen molar-refractivity contribution in [3.05, 3.63) is 85.1 Å².